The highest BCUT2D eigenvalue weighted by molar-refractivity contribution is 6.40. The van der Waals surface area contributed by atoms with Crippen molar-refractivity contribution in [3.8, 4) is 28.7 Å². The van der Waals surface area contributed by atoms with Crippen molar-refractivity contribution in [2.45, 2.75) is 6.32 Å². The van der Waals surface area contributed by atoms with E-state index in [0.717, 1.165) is 38.5 Å². The van der Waals surface area contributed by atoms with Crippen molar-refractivity contribution < 1.29 is 10.0 Å². The number of rotatable bonds is 5. The molecule has 6 aromatic rings. The fourth-order valence-electron chi connectivity index (χ4n) is 4.47. The zero-order valence-electron chi connectivity index (χ0n) is 18.8. The van der Waals surface area contributed by atoms with Crippen molar-refractivity contribution in [1.82, 2.24) is 19.5 Å². The van der Waals surface area contributed by atoms with Crippen LogP contribution in [0.25, 0.3) is 50.5 Å². The molecular weight excluding hydrogens is 435 g/mol. The van der Waals surface area contributed by atoms with Crippen LogP contribution in [-0.2, 0) is 6.32 Å². The smallest absolute Gasteiger partial charge is 0.427 e. The molecule has 35 heavy (non-hydrogen) atoms. The molecule has 168 valence electrons. The van der Waals surface area contributed by atoms with E-state index in [9.17, 15) is 10.0 Å². The van der Waals surface area contributed by atoms with Crippen LogP contribution < -0.4 is 0 Å². The summed E-state index contributed by atoms with van der Waals surface area (Å²) in [6.07, 6.45) is 0.164. The van der Waals surface area contributed by atoms with Gasteiger partial charge in [0.2, 0.25) is 5.95 Å². The van der Waals surface area contributed by atoms with Crippen LogP contribution in [0.3, 0.4) is 0 Å². The second kappa shape index (κ2) is 8.79. The van der Waals surface area contributed by atoms with Gasteiger partial charge in [0, 0.05) is 28.2 Å². The van der Waals surface area contributed by atoms with E-state index in [1.54, 1.807) is 0 Å². The van der Waals surface area contributed by atoms with Gasteiger partial charge in [-0.05, 0) is 23.8 Å². The Balaban J connectivity index is 1.64. The second-order valence-electron chi connectivity index (χ2n) is 8.40. The van der Waals surface area contributed by atoms with Crippen molar-refractivity contribution in [3.63, 3.8) is 0 Å². The van der Waals surface area contributed by atoms with E-state index in [2.05, 4.69) is 6.07 Å². The summed E-state index contributed by atoms with van der Waals surface area (Å²) in [5, 5.41) is 21.0. The average molecular weight is 456 g/mol. The van der Waals surface area contributed by atoms with Crippen LogP contribution in [0.1, 0.15) is 5.56 Å². The summed E-state index contributed by atoms with van der Waals surface area (Å²) in [7, 11) is -1.40. The number of fused-ring (bicyclic) bond motifs is 3. The normalized spacial score (nSPS) is 11.3. The first kappa shape index (κ1) is 21.2. The largest absolute Gasteiger partial charge is 0.456 e. The number of hydrogen-bond donors (Lipinski definition) is 2. The number of hydrogen-bond acceptors (Lipinski definition) is 5. The first-order valence-corrected chi connectivity index (χ1v) is 11.4. The maximum Gasteiger partial charge on any atom is 0.456 e. The van der Waals surface area contributed by atoms with Crippen molar-refractivity contribution in [1.29, 1.82) is 0 Å². The van der Waals surface area contributed by atoms with Crippen molar-refractivity contribution in [2.24, 2.45) is 0 Å². The minimum atomic E-state index is -1.40. The predicted octanol–water partition coefficient (Wildman–Crippen LogP) is 4.86. The lowest BCUT2D eigenvalue weighted by Gasteiger charge is -2.11. The second-order valence-corrected chi connectivity index (χ2v) is 8.40. The van der Waals surface area contributed by atoms with Gasteiger partial charge in [-0.2, -0.15) is 9.97 Å². The molecule has 2 N–H and O–H groups in total. The summed E-state index contributed by atoms with van der Waals surface area (Å²) < 4.78 is 2.05. The summed E-state index contributed by atoms with van der Waals surface area (Å²) in [5.41, 5.74) is 4.57. The molecule has 0 unspecified atom stereocenters. The van der Waals surface area contributed by atoms with E-state index in [-0.39, 0.29) is 6.32 Å². The van der Waals surface area contributed by atoms with E-state index >= 15 is 0 Å². The first-order chi connectivity index (χ1) is 17.2. The number of nitrogens with zero attached hydrogens (tertiary/aromatic N) is 4. The van der Waals surface area contributed by atoms with E-state index in [4.69, 9.17) is 15.0 Å². The molecule has 0 saturated carbocycles. The van der Waals surface area contributed by atoms with Crippen molar-refractivity contribution >= 4 is 28.9 Å². The summed E-state index contributed by atoms with van der Waals surface area (Å²) >= 11 is 0. The van der Waals surface area contributed by atoms with Gasteiger partial charge in [0.05, 0.1) is 11.0 Å². The monoisotopic (exact) mass is 456 g/mol. The summed E-state index contributed by atoms with van der Waals surface area (Å²) in [6.45, 7) is 0. The van der Waals surface area contributed by atoms with Crippen LogP contribution >= 0.6 is 0 Å². The Hall–Kier alpha value is -4.33. The zero-order chi connectivity index (χ0) is 23.8. The van der Waals surface area contributed by atoms with Gasteiger partial charge in [0.15, 0.2) is 11.6 Å². The van der Waals surface area contributed by atoms with Gasteiger partial charge in [0.25, 0.3) is 0 Å². The van der Waals surface area contributed by atoms with Crippen LogP contribution in [0, 0.1) is 0 Å². The molecule has 2 heterocycles. The highest BCUT2D eigenvalue weighted by atomic mass is 16.4. The van der Waals surface area contributed by atoms with Crippen LogP contribution in [0.5, 0.6) is 0 Å². The van der Waals surface area contributed by atoms with Gasteiger partial charge in [-0.3, -0.25) is 4.57 Å². The molecule has 0 amide bonds. The fraction of sp³-hybridized carbons (Fsp3) is 0.0357. The van der Waals surface area contributed by atoms with Gasteiger partial charge in [-0.1, -0.05) is 84.9 Å². The highest BCUT2D eigenvalue weighted by Crippen LogP contribution is 2.33. The van der Waals surface area contributed by atoms with Gasteiger partial charge in [0.1, 0.15) is 0 Å². The molecule has 6 nitrogen and oxygen atoms in total. The minimum absolute atomic E-state index is 0.164. The third-order valence-corrected chi connectivity index (χ3v) is 6.04. The van der Waals surface area contributed by atoms with Gasteiger partial charge < -0.3 is 10.0 Å². The number of aromatic nitrogens is 4. The predicted molar refractivity (Wildman–Crippen MR) is 139 cm³/mol. The lowest BCUT2D eigenvalue weighted by Crippen LogP contribution is -2.15. The maximum absolute atomic E-state index is 9.48. The summed E-state index contributed by atoms with van der Waals surface area (Å²) in [4.78, 5) is 14.6. The summed E-state index contributed by atoms with van der Waals surface area (Å²) in [6, 6.07) is 33.8. The quantitative estimate of drug-likeness (QED) is 0.362. The van der Waals surface area contributed by atoms with Gasteiger partial charge in [-0.15, -0.1) is 0 Å². The molecule has 0 aliphatic carbocycles. The standard InChI is InChI=1S/C28H21BN4O2/c34-29(35)18-19-15-16-25-23(17-19)22-13-7-8-14-24(22)33(25)28-31-26(20-9-3-1-4-10-20)30-27(32-28)21-11-5-2-6-12-21/h1-17,34-35H,18H2. The Labute approximate surface area is 202 Å². The molecule has 7 heteroatoms. The Bertz CT molecular complexity index is 1590. The van der Waals surface area contributed by atoms with Crippen LogP contribution in [0.2, 0.25) is 0 Å². The minimum Gasteiger partial charge on any atom is -0.427 e. The topological polar surface area (TPSA) is 84.1 Å². The molecule has 0 fully saturated rings. The van der Waals surface area contributed by atoms with Crippen molar-refractivity contribution in [2.75, 3.05) is 0 Å². The Morgan fingerprint density at radius 1 is 0.600 bits per heavy atom. The van der Waals surface area contributed by atoms with E-state index in [0.29, 0.717) is 17.6 Å². The number of benzene rings is 4. The molecular formula is C28H21BN4O2. The van der Waals surface area contributed by atoms with Crippen LogP contribution in [0.15, 0.2) is 103 Å². The lowest BCUT2D eigenvalue weighted by atomic mass is 9.82. The molecule has 2 aromatic heterocycles. The Kier molecular flexibility index (Phi) is 5.33. The van der Waals surface area contributed by atoms with Gasteiger partial charge >= 0.3 is 7.12 Å². The van der Waals surface area contributed by atoms with Crippen LogP contribution in [0.4, 0.5) is 0 Å². The molecule has 0 saturated heterocycles. The third kappa shape index (κ3) is 3.97. The van der Waals surface area contributed by atoms with Crippen LogP contribution in [-0.4, -0.2) is 36.7 Å². The maximum atomic E-state index is 9.48. The molecule has 0 radical (unpaired) electrons. The molecule has 4 aromatic carbocycles. The molecule has 0 spiro atoms. The lowest BCUT2D eigenvalue weighted by molar-refractivity contribution is 0.405. The molecule has 6 rings (SSSR count). The fourth-order valence-corrected chi connectivity index (χ4v) is 4.47. The number of para-hydroxylation sites is 1. The Morgan fingerprint density at radius 2 is 1.17 bits per heavy atom. The van der Waals surface area contributed by atoms with Crippen molar-refractivity contribution in [3.05, 3.63) is 109 Å². The van der Waals surface area contributed by atoms with Gasteiger partial charge in [-0.25, -0.2) is 4.98 Å². The molecule has 0 aliphatic rings. The Morgan fingerprint density at radius 3 is 1.80 bits per heavy atom. The van der Waals surface area contributed by atoms with E-state index in [1.807, 2.05) is 102 Å². The van der Waals surface area contributed by atoms with E-state index in [1.165, 1.54) is 0 Å². The summed E-state index contributed by atoms with van der Waals surface area (Å²) in [5.74, 6) is 1.72. The first-order valence-electron chi connectivity index (χ1n) is 11.4. The third-order valence-electron chi connectivity index (χ3n) is 6.04. The average Bonchev–Trinajstić information content (AvgIpc) is 3.23. The zero-order valence-corrected chi connectivity index (χ0v) is 18.8. The van der Waals surface area contributed by atoms with E-state index < -0.39 is 7.12 Å². The molecule has 0 atom stereocenters. The molecule has 0 bridgehead atoms. The molecule has 0 aliphatic heterocycles. The highest BCUT2D eigenvalue weighted by Gasteiger charge is 2.18. The SMILES string of the molecule is OB(O)Cc1ccc2c(c1)c1ccccc1n2-c1nc(-c2ccccc2)nc(-c2ccccc2)n1.